The summed E-state index contributed by atoms with van der Waals surface area (Å²) >= 11 is 0. The minimum Gasteiger partial charge on any atom is -0.462 e. The molecule has 1 amide bonds. The molecule has 3 aromatic rings. The van der Waals surface area contributed by atoms with E-state index in [9.17, 15) is 19.2 Å². The number of carbonyl (C=O) groups is 3. The molecule has 0 aliphatic heterocycles. The van der Waals surface area contributed by atoms with E-state index in [1.807, 2.05) is 6.07 Å². The molecule has 1 aromatic heterocycles. The van der Waals surface area contributed by atoms with Crippen molar-refractivity contribution >= 4 is 40.7 Å². The number of esters is 1. The number of nitrogens with zero attached hydrogens (tertiary/aromatic N) is 4. The summed E-state index contributed by atoms with van der Waals surface area (Å²) in [5.41, 5.74) is 6.86. The lowest BCUT2D eigenvalue weighted by Gasteiger charge is -2.21. The number of ether oxygens (including phenoxy) is 1. The van der Waals surface area contributed by atoms with Crippen LogP contribution in [0.15, 0.2) is 69.6 Å². The third-order valence-corrected chi connectivity index (χ3v) is 5.33. The zero-order valence-corrected chi connectivity index (χ0v) is 20.6. The van der Waals surface area contributed by atoms with Crippen molar-refractivity contribution < 1.29 is 19.1 Å². The number of hydrogen-bond acceptors (Lipinski definition) is 9. The molecule has 0 saturated carbocycles. The van der Waals surface area contributed by atoms with Gasteiger partial charge in [-0.25, -0.2) is 9.78 Å². The number of Topliss-reactive ketones (excluding diaryl/α,β-unsaturated/α-hetero) is 1. The van der Waals surface area contributed by atoms with Crippen molar-refractivity contribution in [1.82, 2.24) is 9.97 Å². The number of nitrogen functional groups attached to an aromatic ring is 1. The van der Waals surface area contributed by atoms with Gasteiger partial charge in [-0.3, -0.25) is 19.4 Å². The fourth-order valence-corrected chi connectivity index (χ4v) is 3.49. The van der Waals surface area contributed by atoms with Crippen LogP contribution in [0, 0.1) is 0 Å². The van der Waals surface area contributed by atoms with Crippen molar-refractivity contribution in [3.05, 3.63) is 76.2 Å². The van der Waals surface area contributed by atoms with Gasteiger partial charge in [-0.05, 0) is 49.7 Å². The highest BCUT2D eigenvalue weighted by molar-refractivity contribution is 5.94. The Bertz CT molecular complexity index is 1340. The number of hydrogen-bond donors (Lipinski definition) is 2. The molecule has 0 radical (unpaired) electrons. The molecular weight excluding hydrogens is 476 g/mol. The first kappa shape index (κ1) is 26.9. The highest BCUT2D eigenvalue weighted by atomic mass is 16.5. The van der Waals surface area contributed by atoms with E-state index >= 15 is 0 Å². The van der Waals surface area contributed by atoms with Crippen LogP contribution in [0.1, 0.15) is 42.7 Å². The molecular formula is C26H28N6O5. The maximum absolute atomic E-state index is 12.7. The normalized spacial score (nSPS) is 10.9. The lowest BCUT2D eigenvalue weighted by Crippen LogP contribution is -2.31. The Labute approximate surface area is 213 Å². The number of ketones is 1. The van der Waals surface area contributed by atoms with Crippen molar-refractivity contribution in [1.29, 1.82) is 0 Å². The number of aryl methyl sites for hydroxylation is 1. The Morgan fingerprint density at radius 2 is 1.73 bits per heavy atom. The number of nitrogens with one attached hydrogen (secondary N) is 1. The molecule has 0 aliphatic carbocycles. The van der Waals surface area contributed by atoms with Gasteiger partial charge in [0.05, 0.1) is 23.6 Å². The van der Waals surface area contributed by atoms with Gasteiger partial charge in [0.1, 0.15) is 5.78 Å². The van der Waals surface area contributed by atoms with Gasteiger partial charge in [-0.15, -0.1) is 5.11 Å². The largest absolute Gasteiger partial charge is 0.462 e. The van der Waals surface area contributed by atoms with Crippen LogP contribution in [0.25, 0.3) is 0 Å². The SMILES string of the molecule is CCOC(=O)c1ccc(N(CCC(=O)CCc2nc(N)[nH]c(=O)c2N=Nc2ccccc2)C(C)=O)cc1. The number of rotatable bonds is 11. The molecule has 0 saturated heterocycles. The summed E-state index contributed by atoms with van der Waals surface area (Å²) in [6, 6.07) is 15.3. The minimum absolute atomic E-state index is 0.0158. The van der Waals surface area contributed by atoms with Crippen LogP contribution in [-0.2, 0) is 20.7 Å². The second kappa shape index (κ2) is 12.9. The van der Waals surface area contributed by atoms with E-state index in [-0.39, 0.29) is 61.4 Å². The van der Waals surface area contributed by atoms with Crippen LogP contribution in [0.5, 0.6) is 0 Å². The van der Waals surface area contributed by atoms with Gasteiger partial charge < -0.3 is 15.4 Å². The summed E-state index contributed by atoms with van der Waals surface area (Å²) in [7, 11) is 0. The molecule has 0 spiro atoms. The molecule has 3 rings (SSSR count). The number of azo groups is 1. The van der Waals surface area contributed by atoms with E-state index in [2.05, 4.69) is 20.2 Å². The highest BCUT2D eigenvalue weighted by Crippen LogP contribution is 2.20. The number of anilines is 2. The predicted octanol–water partition coefficient (Wildman–Crippen LogP) is 3.89. The quantitative estimate of drug-likeness (QED) is 0.296. The number of aromatic nitrogens is 2. The molecule has 1 heterocycles. The lowest BCUT2D eigenvalue weighted by atomic mass is 10.1. The van der Waals surface area contributed by atoms with Crippen LogP contribution in [0.3, 0.4) is 0 Å². The van der Waals surface area contributed by atoms with Gasteiger partial charge in [0, 0.05) is 32.0 Å². The maximum Gasteiger partial charge on any atom is 0.338 e. The van der Waals surface area contributed by atoms with Crippen molar-refractivity contribution in [2.24, 2.45) is 10.2 Å². The number of amides is 1. The monoisotopic (exact) mass is 504 g/mol. The Hall–Kier alpha value is -4.67. The first-order chi connectivity index (χ1) is 17.8. The molecule has 0 aliphatic rings. The molecule has 2 aromatic carbocycles. The number of aromatic amines is 1. The van der Waals surface area contributed by atoms with E-state index in [1.54, 1.807) is 55.5 Å². The average Bonchev–Trinajstić information content (AvgIpc) is 2.87. The molecule has 0 atom stereocenters. The van der Waals surface area contributed by atoms with Gasteiger partial charge in [-0.1, -0.05) is 18.2 Å². The van der Waals surface area contributed by atoms with E-state index < -0.39 is 11.5 Å². The summed E-state index contributed by atoms with van der Waals surface area (Å²) in [5.74, 6) is -0.916. The zero-order valence-electron chi connectivity index (χ0n) is 20.6. The van der Waals surface area contributed by atoms with Crippen molar-refractivity contribution in [2.75, 3.05) is 23.8 Å². The number of benzene rings is 2. The fraction of sp³-hybridized carbons (Fsp3) is 0.269. The summed E-state index contributed by atoms with van der Waals surface area (Å²) in [6.07, 6.45) is 0.278. The molecule has 0 unspecified atom stereocenters. The van der Waals surface area contributed by atoms with E-state index in [0.29, 0.717) is 16.9 Å². The first-order valence-corrected chi connectivity index (χ1v) is 11.7. The number of H-pyrrole nitrogens is 1. The summed E-state index contributed by atoms with van der Waals surface area (Å²) in [5, 5.41) is 8.09. The van der Waals surface area contributed by atoms with E-state index in [4.69, 9.17) is 10.5 Å². The van der Waals surface area contributed by atoms with Crippen LogP contribution in [-0.4, -0.2) is 40.8 Å². The van der Waals surface area contributed by atoms with Crippen molar-refractivity contribution in [3.63, 3.8) is 0 Å². The molecule has 0 bridgehead atoms. The zero-order chi connectivity index (χ0) is 26.8. The second-order valence-electron chi connectivity index (χ2n) is 8.01. The van der Waals surface area contributed by atoms with Crippen molar-refractivity contribution in [2.45, 2.75) is 33.1 Å². The Morgan fingerprint density at radius 1 is 1.03 bits per heavy atom. The summed E-state index contributed by atoms with van der Waals surface area (Å²) in [6.45, 7) is 3.53. The van der Waals surface area contributed by atoms with E-state index in [0.717, 1.165) is 0 Å². The predicted molar refractivity (Wildman–Crippen MR) is 138 cm³/mol. The van der Waals surface area contributed by atoms with Crippen LogP contribution < -0.4 is 16.2 Å². The van der Waals surface area contributed by atoms with E-state index in [1.165, 1.54) is 11.8 Å². The number of carbonyl (C=O) groups excluding carboxylic acids is 3. The second-order valence-corrected chi connectivity index (χ2v) is 8.01. The summed E-state index contributed by atoms with van der Waals surface area (Å²) in [4.78, 5) is 57.1. The fourth-order valence-electron chi connectivity index (χ4n) is 3.49. The Balaban J connectivity index is 1.65. The van der Waals surface area contributed by atoms with Crippen LogP contribution >= 0.6 is 0 Å². The first-order valence-electron chi connectivity index (χ1n) is 11.7. The minimum atomic E-state index is -0.552. The standard InChI is InChI=1S/C26H28N6O5/c1-3-37-25(36)18-9-11-20(12-10-18)32(17(2)33)16-15-21(34)13-14-22-23(24(35)29-26(27)28-22)31-30-19-7-5-4-6-8-19/h4-12H,3,13-16H2,1-2H3,(H3,27,28,29,35). The van der Waals surface area contributed by atoms with Gasteiger partial charge in [0.2, 0.25) is 11.9 Å². The van der Waals surface area contributed by atoms with Gasteiger partial charge in [0.25, 0.3) is 5.56 Å². The topological polar surface area (TPSA) is 160 Å². The molecule has 11 heteroatoms. The third-order valence-electron chi connectivity index (χ3n) is 5.33. The third kappa shape index (κ3) is 7.66. The van der Waals surface area contributed by atoms with Gasteiger partial charge in [0.15, 0.2) is 5.69 Å². The smallest absolute Gasteiger partial charge is 0.338 e. The van der Waals surface area contributed by atoms with Crippen LogP contribution in [0.2, 0.25) is 0 Å². The maximum atomic E-state index is 12.7. The highest BCUT2D eigenvalue weighted by Gasteiger charge is 2.17. The lowest BCUT2D eigenvalue weighted by molar-refractivity contribution is -0.119. The Morgan fingerprint density at radius 3 is 2.38 bits per heavy atom. The summed E-state index contributed by atoms with van der Waals surface area (Å²) < 4.78 is 4.97. The average molecular weight is 505 g/mol. The molecule has 3 N–H and O–H groups in total. The van der Waals surface area contributed by atoms with Gasteiger partial charge >= 0.3 is 5.97 Å². The van der Waals surface area contributed by atoms with Gasteiger partial charge in [-0.2, -0.15) is 5.11 Å². The number of nitrogens with two attached hydrogens (primary N) is 1. The molecule has 0 fully saturated rings. The molecule has 192 valence electrons. The van der Waals surface area contributed by atoms with Crippen molar-refractivity contribution in [3.8, 4) is 0 Å². The molecule has 37 heavy (non-hydrogen) atoms. The Kier molecular flexibility index (Phi) is 9.36. The van der Waals surface area contributed by atoms with Crippen LogP contribution in [0.4, 0.5) is 23.0 Å². The molecule has 11 nitrogen and oxygen atoms in total.